The molecular weight excluding hydrogens is 259 g/mol. The van der Waals surface area contributed by atoms with Crippen molar-refractivity contribution in [3.05, 3.63) is 77.4 Å². The highest BCUT2D eigenvalue weighted by atomic mass is 31.0. The number of aryl methyl sites for hydroxylation is 1. The van der Waals surface area contributed by atoms with Gasteiger partial charge in [0.15, 0.2) is 0 Å². The molecule has 0 aliphatic carbocycles. The van der Waals surface area contributed by atoms with E-state index in [1.165, 1.54) is 32.8 Å². The Labute approximate surface area is 124 Å². The van der Waals surface area contributed by atoms with Gasteiger partial charge in [0.25, 0.3) is 0 Å². The summed E-state index contributed by atoms with van der Waals surface area (Å²) < 4.78 is 0. The van der Waals surface area contributed by atoms with Crippen LogP contribution in [-0.2, 0) is 6.42 Å². The summed E-state index contributed by atoms with van der Waals surface area (Å²) in [5.41, 5.74) is 4.08. The summed E-state index contributed by atoms with van der Waals surface area (Å²) in [5.74, 6) is 0. The molecule has 0 aliphatic rings. The van der Waals surface area contributed by atoms with Gasteiger partial charge in [-0.25, -0.2) is 0 Å². The molecule has 0 saturated carbocycles. The Hall–Kier alpha value is -1.65. The standard InChI is InChI=1S/C18H17P.CH4/c1-13-6-8-14(9-7-13)12-15-10-11-18(19)17-5-3-2-4-16(15)17;/h2-11H,12,19H2,1H3;1H4. The van der Waals surface area contributed by atoms with Gasteiger partial charge in [-0.3, -0.25) is 0 Å². The van der Waals surface area contributed by atoms with Crippen molar-refractivity contribution in [2.45, 2.75) is 20.8 Å². The summed E-state index contributed by atoms with van der Waals surface area (Å²) >= 11 is 0. The molecule has 0 heterocycles. The minimum Gasteiger partial charge on any atom is -0.105 e. The molecule has 0 aliphatic heterocycles. The van der Waals surface area contributed by atoms with E-state index in [-0.39, 0.29) is 7.43 Å². The Kier molecular flexibility index (Phi) is 4.57. The quantitative estimate of drug-likeness (QED) is 0.587. The molecule has 0 nitrogen and oxygen atoms in total. The number of fused-ring (bicyclic) bond motifs is 1. The first-order valence-electron chi connectivity index (χ1n) is 6.56. The Morgan fingerprint density at radius 3 is 2.15 bits per heavy atom. The molecular formula is C19H21P. The van der Waals surface area contributed by atoms with Crippen LogP contribution in [0.1, 0.15) is 24.1 Å². The van der Waals surface area contributed by atoms with Crippen molar-refractivity contribution >= 4 is 25.3 Å². The van der Waals surface area contributed by atoms with Crippen molar-refractivity contribution in [3.8, 4) is 0 Å². The van der Waals surface area contributed by atoms with E-state index in [4.69, 9.17) is 0 Å². The molecule has 0 spiro atoms. The second-order valence-corrected chi connectivity index (χ2v) is 5.64. The molecule has 1 unspecified atom stereocenters. The second-order valence-electron chi connectivity index (χ2n) is 5.02. The summed E-state index contributed by atoms with van der Waals surface area (Å²) in [6.45, 7) is 2.13. The first-order valence-corrected chi connectivity index (χ1v) is 7.13. The molecule has 0 aromatic heterocycles. The number of hydrogen-bond acceptors (Lipinski definition) is 0. The molecule has 0 bridgehead atoms. The fourth-order valence-corrected chi connectivity index (χ4v) is 2.81. The normalized spacial score (nSPS) is 10.3. The van der Waals surface area contributed by atoms with E-state index < -0.39 is 0 Å². The molecule has 20 heavy (non-hydrogen) atoms. The Morgan fingerprint density at radius 1 is 0.800 bits per heavy atom. The SMILES string of the molecule is C.Cc1ccc(Cc2ccc(P)c3ccccc23)cc1. The number of benzene rings is 3. The van der Waals surface area contributed by atoms with Crippen LogP contribution in [0.5, 0.6) is 0 Å². The summed E-state index contributed by atoms with van der Waals surface area (Å²) in [6, 6.07) is 21.9. The predicted octanol–water partition coefficient (Wildman–Crippen LogP) is 4.88. The van der Waals surface area contributed by atoms with Crippen LogP contribution in [0, 0.1) is 6.92 Å². The molecule has 102 valence electrons. The van der Waals surface area contributed by atoms with E-state index in [0.717, 1.165) is 6.42 Å². The largest absolute Gasteiger partial charge is 0.105 e. The minimum absolute atomic E-state index is 0. The highest BCUT2D eigenvalue weighted by Gasteiger charge is 2.04. The molecule has 0 radical (unpaired) electrons. The summed E-state index contributed by atoms with van der Waals surface area (Å²) in [4.78, 5) is 0. The Balaban J connectivity index is 0.00000147. The smallest absolute Gasteiger partial charge is 0.00196 e. The fraction of sp³-hybridized carbons (Fsp3) is 0.158. The predicted molar refractivity (Wildman–Crippen MR) is 94.0 cm³/mol. The first-order chi connectivity index (χ1) is 9.24. The van der Waals surface area contributed by atoms with Gasteiger partial charge in [0.05, 0.1) is 0 Å². The van der Waals surface area contributed by atoms with Gasteiger partial charge in [0.2, 0.25) is 0 Å². The molecule has 3 rings (SSSR count). The van der Waals surface area contributed by atoms with E-state index in [1.54, 1.807) is 0 Å². The summed E-state index contributed by atoms with van der Waals surface area (Å²) in [7, 11) is 2.82. The maximum absolute atomic E-state index is 2.82. The zero-order valence-electron chi connectivity index (χ0n) is 11.1. The van der Waals surface area contributed by atoms with Crippen LogP contribution in [0.2, 0.25) is 0 Å². The molecule has 3 aromatic rings. The van der Waals surface area contributed by atoms with Crippen LogP contribution in [-0.4, -0.2) is 0 Å². The first kappa shape index (κ1) is 14.8. The van der Waals surface area contributed by atoms with E-state index in [2.05, 4.69) is 76.8 Å². The molecule has 1 atom stereocenters. The Bertz CT molecular complexity index is 711. The van der Waals surface area contributed by atoms with Gasteiger partial charge < -0.3 is 0 Å². The lowest BCUT2D eigenvalue weighted by atomic mass is 9.98. The highest BCUT2D eigenvalue weighted by molar-refractivity contribution is 7.28. The van der Waals surface area contributed by atoms with Crippen molar-refractivity contribution in [2.75, 3.05) is 0 Å². The monoisotopic (exact) mass is 280 g/mol. The fourth-order valence-electron chi connectivity index (χ4n) is 2.46. The molecule has 1 heteroatoms. The molecule has 0 N–H and O–H groups in total. The van der Waals surface area contributed by atoms with Crippen molar-refractivity contribution in [2.24, 2.45) is 0 Å². The minimum atomic E-state index is 0. The lowest BCUT2D eigenvalue weighted by Crippen LogP contribution is -1.97. The summed E-state index contributed by atoms with van der Waals surface area (Å²) in [6.07, 6.45) is 0.992. The van der Waals surface area contributed by atoms with Crippen LogP contribution in [0.15, 0.2) is 60.7 Å². The highest BCUT2D eigenvalue weighted by Crippen LogP contribution is 2.21. The third kappa shape index (κ3) is 2.92. The van der Waals surface area contributed by atoms with E-state index in [0.29, 0.717) is 0 Å². The van der Waals surface area contributed by atoms with Crippen LogP contribution >= 0.6 is 9.24 Å². The van der Waals surface area contributed by atoms with Gasteiger partial charge in [-0.05, 0) is 40.5 Å². The van der Waals surface area contributed by atoms with Crippen molar-refractivity contribution in [1.29, 1.82) is 0 Å². The van der Waals surface area contributed by atoms with Gasteiger partial charge in [-0.2, -0.15) is 0 Å². The van der Waals surface area contributed by atoms with E-state index in [1.807, 2.05) is 0 Å². The van der Waals surface area contributed by atoms with Gasteiger partial charge in [-0.1, -0.05) is 73.7 Å². The zero-order valence-corrected chi connectivity index (χ0v) is 12.2. The third-order valence-electron chi connectivity index (χ3n) is 3.56. The molecule has 0 saturated heterocycles. The average Bonchev–Trinajstić information content (AvgIpc) is 2.45. The van der Waals surface area contributed by atoms with Crippen LogP contribution in [0.25, 0.3) is 10.8 Å². The van der Waals surface area contributed by atoms with E-state index in [9.17, 15) is 0 Å². The lowest BCUT2D eigenvalue weighted by molar-refractivity contribution is 1.21. The van der Waals surface area contributed by atoms with Crippen LogP contribution < -0.4 is 5.30 Å². The van der Waals surface area contributed by atoms with Crippen molar-refractivity contribution < 1.29 is 0 Å². The van der Waals surface area contributed by atoms with Crippen LogP contribution in [0.4, 0.5) is 0 Å². The molecule has 0 amide bonds. The van der Waals surface area contributed by atoms with Crippen molar-refractivity contribution in [3.63, 3.8) is 0 Å². The van der Waals surface area contributed by atoms with Crippen LogP contribution in [0.3, 0.4) is 0 Å². The van der Waals surface area contributed by atoms with Gasteiger partial charge >= 0.3 is 0 Å². The number of rotatable bonds is 2. The van der Waals surface area contributed by atoms with E-state index >= 15 is 0 Å². The average molecular weight is 280 g/mol. The van der Waals surface area contributed by atoms with Crippen molar-refractivity contribution in [1.82, 2.24) is 0 Å². The summed E-state index contributed by atoms with van der Waals surface area (Å²) in [5, 5.41) is 3.95. The Morgan fingerprint density at radius 2 is 1.45 bits per heavy atom. The number of hydrogen-bond donors (Lipinski definition) is 0. The molecule has 3 aromatic carbocycles. The second kappa shape index (κ2) is 6.20. The zero-order chi connectivity index (χ0) is 13.2. The lowest BCUT2D eigenvalue weighted by Gasteiger charge is -2.09. The third-order valence-corrected chi connectivity index (χ3v) is 4.07. The van der Waals surface area contributed by atoms with Gasteiger partial charge in [-0.15, -0.1) is 9.24 Å². The maximum Gasteiger partial charge on any atom is -0.00196 e. The molecule has 0 fully saturated rings. The van der Waals surface area contributed by atoms with Gasteiger partial charge in [0, 0.05) is 0 Å². The maximum atomic E-state index is 2.82. The van der Waals surface area contributed by atoms with Gasteiger partial charge in [0.1, 0.15) is 0 Å². The topological polar surface area (TPSA) is 0 Å².